The average Bonchev–Trinajstić information content (AvgIpc) is 2.81. The first-order valence-electron chi connectivity index (χ1n) is 11.5. The van der Waals surface area contributed by atoms with Crippen molar-refractivity contribution in [2.24, 2.45) is 5.41 Å². The molecule has 2 heterocycles. The molecule has 0 bridgehead atoms. The molecule has 1 aliphatic carbocycles. The van der Waals surface area contributed by atoms with Crippen molar-refractivity contribution < 1.29 is 19.2 Å². The van der Waals surface area contributed by atoms with Crippen LogP contribution in [0.25, 0.3) is 5.70 Å². The monoisotopic (exact) mass is 460 g/mol. The normalized spacial score (nSPS) is 20.7. The molecule has 0 saturated carbocycles. The van der Waals surface area contributed by atoms with Crippen LogP contribution in [0.1, 0.15) is 49.3 Å². The highest BCUT2D eigenvalue weighted by Crippen LogP contribution is 2.51. The summed E-state index contributed by atoms with van der Waals surface area (Å²) in [5.74, 6) is 1.26. The average molecular weight is 461 g/mol. The topological polar surface area (TPSA) is 81.9 Å². The Bertz CT molecular complexity index is 1260. The molecule has 2 aliphatic heterocycles. The molecule has 0 aromatic heterocycles. The number of ether oxygens (including phenoxy) is 2. The fraction of sp³-hybridized carbons (Fsp3) is 0.370. The molecule has 0 amide bonds. The first-order chi connectivity index (χ1) is 16.2. The third kappa shape index (κ3) is 3.56. The third-order valence-corrected chi connectivity index (χ3v) is 7.10. The van der Waals surface area contributed by atoms with E-state index in [1.165, 1.54) is 17.7 Å². The number of ketones is 1. The molecule has 0 N–H and O–H groups in total. The number of non-ortho nitro benzene ring substituents is 1. The van der Waals surface area contributed by atoms with Crippen molar-refractivity contribution in [2.45, 2.75) is 39.0 Å². The van der Waals surface area contributed by atoms with E-state index in [0.717, 1.165) is 47.5 Å². The van der Waals surface area contributed by atoms with Gasteiger partial charge < -0.3 is 14.4 Å². The van der Waals surface area contributed by atoms with E-state index in [9.17, 15) is 14.9 Å². The minimum absolute atomic E-state index is 0.0407. The van der Waals surface area contributed by atoms with Crippen molar-refractivity contribution in [3.63, 3.8) is 0 Å². The Morgan fingerprint density at radius 2 is 1.74 bits per heavy atom. The quantitative estimate of drug-likeness (QED) is 0.458. The van der Waals surface area contributed by atoms with Crippen LogP contribution >= 0.6 is 0 Å². The van der Waals surface area contributed by atoms with Crippen LogP contribution in [-0.4, -0.2) is 36.4 Å². The summed E-state index contributed by atoms with van der Waals surface area (Å²) in [6, 6.07) is 10.6. The summed E-state index contributed by atoms with van der Waals surface area (Å²) < 4.78 is 11.1. The third-order valence-electron chi connectivity index (χ3n) is 7.10. The lowest BCUT2D eigenvalue weighted by molar-refractivity contribution is -0.384. The number of nitro benzene ring substituents is 1. The number of benzene rings is 2. The zero-order chi connectivity index (χ0) is 24.2. The molecule has 7 nitrogen and oxygen atoms in total. The summed E-state index contributed by atoms with van der Waals surface area (Å²) >= 11 is 0. The number of rotatable bonds is 4. The first kappa shape index (κ1) is 22.2. The lowest BCUT2D eigenvalue weighted by Gasteiger charge is -2.46. The highest BCUT2D eigenvalue weighted by molar-refractivity contribution is 6.01. The van der Waals surface area contributed by atoms with E-state index in [1.54, 1.807) is 26.4 Å². The standard InChI is InChI=1S/C27H28N2O5/c1-27(2)14-22-26(23(30)15-27)20(16-5-7-18(8-6-16)29(31)32)12-21-19-13-25(34-4)24(33-3)11-17(19)9-10-28(21)22/h5-8,11-13,20H,9-10,14-15H2,1-4H3/t20-/m0/s1. The van der Waals surface area contributed by atoms with Gasteiger partial charge in [-0.05, 0) is 47.6 Å². The molecular formula is C27H28N2O5. The van der Waals surface area contributed by atoms with Crippen LogP contribution in [-0.2, 0) is 11.2 Å². The van der Waals surface area contributed by atoms with E-state index in [1.807, 2.05) is 12.1 Å². The summed E-state index contributed by atoms with van der Waals surface area (Å²) in [5, 5.41) is 11.2. The van der Waals surface area contributed by atoms with Gasteiger partial charge in [-0.2, -0.15) is 0 Å². The van der Waals surface area contributed by atoms with E-state index in [0.29, 0.717) is 17.9 Å². The summed E-state index contributed by atoms with van der Waals surface area (Å²) in [6.07, 6.45) is 4.27. The summed E-state index contributed by atoms with van der Waals surface area (Å²) in [5.41, 5.74) is 5.98. The highest BCUT2D eigenvalue weighted by Gasteiger charge is 2.42. The molecule has 0 unspecified atom stereocenters. The zero-order valence-electron chi connectivity index (χ0n) is 19.9. The minimum Gasteiger partial charge on any atom is -0.493 e. The molecule has 176 valence electrons. The van der Waals surface area contributed by atoms with Gasteiger partial charge in [0.2, 0.25) is 0 Å². The molecule has 2 aromatic carbocycles. The van der Waals surface area contributed by atoms with Gasteiger partial charge in [0.15, 0.2) is 17.3 Å². The van der Waals surface area contributed by atoms with E-state index >= 15 is 0 Å². The Hall–Kier alpha value is -3.61. The molecule has 7 heteroatoms. The maximum Gasteiger partial charge on any atom is 0.269 e. The van der Waals surface area contributed by atoms with Gasteiger partial charge in [-0.25, -0.2) is 0 Å². The Balaban J connectivity index is 1.69. The number of nitrogens with zero attached hydrogens (tertiary/aromatic N) is 2. The number of hydrogen-bond acceptors (Lipinski definition) is 6. The van der Waals surface area contributed by atoms with Crippen LogP contribution in [0.4, 0.5) is 5.69 Å². The number of methoxy groups -OCH3 is 2. The van der Waals surface area contributed by atoms with Crippen molar-refractivity contribution in [1.29, 1.82) is 0 Å². The van der Waals surface area contributed by atoms with Crippen molar-refractivity contribution in [3.8, 4) is 11.5 Å². The van der Waals surface area contributed by atoms with Crippen LogP contribution in [0.5, 0.6) is 11.5 Å². The van der Waals surface area contributed by atoms with E-state index in [4.69, 9.17) is 9.47 Å². The van der Waals surface area contributed by atoms with Gasteiger partial charge in [-0.15, -0.1) is 0 Å². The van der Waals surface area contributed by atoms with Crippen LogP contribution in [0.3, 0.4) is 0 Å². The van der Waals surface area contributed by atoms with Crippen molar-refractivity contribution in [3.05, 3.63) is 80.5 Å². The summed E-state index contributed by atoms with van der Waals surface area (Å²) in [7, 11) is 3.26. The van der Waals surface area contributed by atoms with E-state index in [-0.39, 0.29) is 22.8 Å². The number of carbonyl (C=O) groups excluding carboxylic acids is 1. The fourth-order valence-electron chi connectivity index (χ4n) is 5.53. The minimum atomic E-state index is -0.402. The molecule has 34 heavy (non-hydrogen) atoms. The van der Waals surface area contributed by atoms with Crippen molar-refractivity contribution >= 4 is 17.2 Å². The van der Waals surface area contributed by atoms with Gasteiger partial charge in [-0.1, -0.05) is 26.0 Å². The van der Waals surface area contributed by atoms with Gasteiger partial charge in [0.05, 0.1) is 19.1 Å². The van der Waals surface area contributed by atoms with Gasteiger partial charge in [0, 0.05) is 53.5 Å². The number of fused-ring (bicyclic) bond motifs is 4. The number of allylic oxidation sites excluding steroid dienone is 3. The highest BCUT2D eigenvalue weighted by atomic mass is 16.6. The molecule has 0 saturated heterocycles. The number of Topliss-reactive ketones (excluding diaryl/α,β-unsaturated/α-hetero) is 1. The SMILES string of the molecule is COc1cc2c(cc1OC)C1=C[C@@H](c3ccc([N+](=O)[O-])cc3)C3=C(CC(C)(C)CC3=O)N1CC2. The number of hydrogen-bond donors (Lipinski definition) is 0. The molecule has 2 aromatic rings. The maximum atomic E-state index is 13.4. The maximum absolute atomic E-state index is 13.4. The van der Waals surface area contributed by atoms with E-state index < -0.39 is 4.92 Å². The van der Waals surface area contributed by atoms with Crippen molar-refractivity contribution in [1.82, 2.24) is 4.90 Å². The Morgan fingerprint density at radius 3 is 2.38 bits per heavy atom. The number of nitro groups is 1. The second-order valence-corrected chi connectivity index (χ2v) is 9.95. The van der Waals surface area contributed by atoms with Gasteiger partial charge in [-0.3, -0.25) is 14.9 Å². The Kier molecular flexibility index (Phi) is 5.23. The van der Waals surface area contributed by atoms with Gasteiger partial charge in [0.1, 0.15) is 0 Å². The van der Waals surface area contributed by atoms with Crippen LogP contribution in [0, 0.1) is 15.5 Å². The van der Waals surface area contributed by atoms with Crippen LogP contribution in [0.15, 0.2) is 53.7 Å². The lowest BCUT2D eigenvalue weighted by atomic mass is 9.69. The molecule has 3 aliphatic rings. The molecule has 0 fully saturated rings. The van der Waals surface area contributed by atoms with Crippen LogP contribution < -0.4 is 9.47 Å². The van der Waals surface area contributed by atoms with Crippen molar-refractivity contribution in [2.75, 3.05) is 20.8 Å². The summed E-state index contributed by atoms with van der Waals surface area (Å²) in [4.78, 5) is 26.5. The molecule has 0 radical (unpaired) electrons. The zero-order valence-corrected chi connectivity index (χ0v) is 19.9. The molecule has 5 rings (SSSR count). The predicted octanol–water partition coefficient (Wildman–Crippen LogP) is 5.25. The predicted molar refractivity (Wildman–Crippen MR) is 129 cm³/mol. The second kappa shape index (κ2) is 8.01. The first-order valence-corrected chi connectivity index (χ1v) is 11.5. The largest absolute Gasteiger partial charge is 0.493 e. The fourth-order valence-corrected chi connectivity index (χ4v) is 5.53. The lowest BCUT2D eigenvalue weighted by Crippen LogP contribution is -2.40. The Labute approximate surface area is 198 Å². The molecular weight excluding hydrogens is 432 g/mol. The smallest absolute Gasteiger partial charge is 0.269 e. The Morgan fingerprint density at radius 1 is 1.06 bits per heavy atom. The van der Waals surface area contributed by atoms with E-state index in [2.05, 4.69) is 24.8 Å². The van der Waals surface area contributed by atoms with Crippen LogP contribution in [0.2, 0.25) is 0 Å². The molecule has 1 atom stereocenters. The summed E-state index contributed by atoms with van der Waals surface area (Å²) in [6.45, 7) is 5.06. The van der Waals surface area contributed by atoms with Gasteiger partial charge in [0.25, 0.3) is 5.69 Å². The number of carbonyl (C=O) groups is 1. The van der Waals surface area contributed by atoms with Gasteiger partial charge >= 0.3 is 0 Å². The molecule has 0 spiro atoms. The second-order valence-electron chi connectivity index (χ2n) is 9.95.